The molecule has 0 unspecified atom stereocenters. The summed E-state index contributed by atoms with van der Waals surface area (Å²) in [5.41, 5.74) is 0.490. The third-order valence-corrected chi connectivity index (χ3v) is 1.66. The topological polar surface area (TPSA) is 71.7 Å². The Kier molecular flexibility index (Phi) is 1.54. The molecule has 13 heavy (non-hydrogen) atoms. The number of hydrogen-bond donors (Lipinski definition) is 0. The molecule has 0 radical (unpaired) electrons. The van der Waals surface area contributed by atoms with Crippen LogP contribution in [0.5, 0.6) is 11.6 Å². The number of furan rings is 1. The van der Waals surface area contributed by atoms with E-state index in [2.05, 4.69) is 0 Å². The molecule has 2 rings (SSSR count). The second-order valence-corrected chi connectivity index (χ2v) is 2.32. The van der Waals surface area contributed by atoms with Gasteiger partial charge in [-0.1, -0.05) is 0 Å². The highest BCUT2D eigenvalue weighted by Crippen LogP contribution is 2.32. The van der Waals surface area contributed by atoms with Crippen molar-refractivity contribution < 1.29 is 23.3 Å². The molecular formula is C7H7NO5. The molecule has 0 aromatic carbocycles. The van der Waals surface area contributed by atoms with Crippen molar-refractivity contribution in [3.63, 3.8) is 0 Å². The molecule has 6 nitrogen and oxygen atoms in total. The zero-order valence-electron chi connectivity index (χ0n) is 7.07. The SMILES string of the molecule is COc1coc2c(OC)[n+]([O-])oc12. The van der Waals surface area contributed by atoms with E-state index in [1.54, 1.807) is 0 Å². The smallest absolute Gasteiger partial charge is 0.471 e. The third kappa shape index (κ3) is 0.915. The van der Waals surface area contributed by atoms with Crippen LogP contribution in [0.1, 0.15) is 0 Å². The first-order chi connectivity index (χ1) is 6.27. The largest absolute Gasteiger partial charge is 0.492 e. The van der Waals surface area contributed by atoms with Crippen LogP contribution in [-0.2, 0) is 0 Å². The van der Waals surface area contributed by atoms with Gasteiger partial charge in [0.1, 0.15) is 6.26 Å². The average Bonchev–Trinajstić information content (AvgIpc) is 2.62. The average molecular weight is 185 g/mol. The fourth-order valence-electron chi connectivity index (χ4n) is 1.08. The highest BCUT2D eigenvalue weighted by atomic mass is 16.8. The molecule has 0 aliphatic carbocycles. The van der Waals surface area contributed by atoms with E-state index >= 15 is 0 Å². The molecule has 6 heteroatoms. The number of methoxy groups -OCH3 is 2. The maximum absolute atomic E-state index is 11.0. The maximum Gasteiger partial charge on any atom is 0.471 e. The van der Waals surface area contributed by atoms with Crippen LogP contribution in [0.4, 0.5) is 0 Å². The first-order valence-electron chi connectivity index (χ1n) is 3.50. The van der Waals surface area contributed by atoms with Crippen molar-refractivity contribution in [3.05, 3.63) is 11.5 Å². The Morgan fingerprint density at radius 1 is 1.31 bits per heavy atom. The van der Waals surface area contributed by atoms with E-state index in [4.69, 9.17) is 18.4 Å². The van der Waals surface area contributed by atoms with Crippen LogP contribution in [0.3, 0.4) is 0 Å². The summed E-state index contributed by atoms with van der Waals surface area (Å²) in [5.74, 6) is 0.348. The lowest BCUT2D eigenvalue weighted by atomic mass is 10.5. The molecule has 2 heterocycles. The molecule has 0 spiro atoms. The summed E-state index contributed by atoms with van der Waals surface area (Å²) in [6.45, 7) is 0. The Bertz CT molecular complexity index is 429. The fourth-order valence-corrected chi connectivity index (χ4v) is 1.08. The van der Waals surface area contributed by atoms with Crippen molar-refractivity contribution >= 4 is 11.2 Å². The number of rotatable bonds is 2. The van der Waals surface area contributed by atoms with E-state index in [-0.39, 0.29) is 21.9 Å². The Labute approximate surface area is 72.8 Å². The van der Waals surface area contributed by atoms with Gasteiger partial charge in [-0.25, -0.2) is 0 Å². The summed E-state index contributed by atoms with van der Waals surface area (Å²) in [6.07, 6.45) is 1.34. The number of nitrogens with zero attached hydrogens (tertiary/aromatic N) is 1. The highest BCUT2D eigenvalue weighted by Gasteiger charge is 2.24. The van der Waals surface area contributed by atoms with Crippen molar-refractivity contribution in [2.24, 2.45) is 0 Å². The summed E-state index contributed by atoms with van der Waals surface area (Å²) < 4.78 is 19.4. The molecule has 0 amide bonds. The Morgan fingerprint density at radius 3 is 2.69 bits per heavy atom. The van der Waals surface area contributed by atoms with Crippen LogP contribution in [0, 0.1) is 5.21 Å². The molecule has 0 bridgehead atoms. The Morgan fingerprint density at radius 2 is 2.08 bits per heavy atom. The van der Waals surface area contributed by atoms with Gasteiger partial charge in [0.05, 0.1) is 19.1 Å². The second-order valence-electron chi connectivity index (χ2n) is 2.32. The molecule has 0 saturated carbocycles. The standard InChI is InChI=1S/C7H7NO5/c1-10-4-3-12-6-5(4)13-8(9)7(6)11-2/h3H,1-2H3. The molecule has 0 aliphatic heterocycles. The monoisotopic (exact) mass is 185 g/mol. The predicted octanol–water partition coefficient (Wildman–Crippen LogP) is 0.676. The first kappa shape index (κ1) is 7.78. The Hall–Kier alpha value is -1.85. The van der Waals surface area contributed by atoms with Crippen LogP contribution < -0.4 is 14.4 Å². The predicted molar refractivity (Wildman–Crippen MR) is 40.5 cm³/mol. The Balaban J connectivity index is 2.72. The summed E-state index contributed by atoms with van der Waals surface area (Å²) in [6, 6.07) is 0. The number of ether oxygens (including phenoxy) is 2. The molecule has 0 N–H and O–H groups in total. The van der Waals surface area contributed by atoms with Crippen molar-refractivity contribution in [1.82, 2.24) is 0 Å². The van der Waals surface area contributed by atoms with Gasteiger partial charge in [0.2, 0.25) is 0 Å². The number of aromatic nitrogens is 1. The molecular weight excluding hydrogens is 178 g/mol. The molecule has 0 aliphatic rings. The van der Waals surface area contributed by atoms with Crippen LogP contribution >= 0.6 is 0 Å². The summed E-state index contributed by atoms with van der Waals surface area (Å²) >= 11 is 0. The van der Waals surface area contributed by atoms with Crippen molar-refractivity contribution in [2.75, 3.05) is 14.2 Å². The van der Waals surface area contributed by atoms with Gasteiger partial charge in [0.15, 0.2) is 11.3 Å². The molecule has 70 valence electrons. The third-order valence-electron chi connectivity index (χ3n) is 1.66. The molecule has 2 aromatic rings. The van der Waals surface area contributed by atoms with E-state index in [0.717, 1.165) is 0 Å². The summed E-state index contributed by atoms with van der Waals surface area (Å²) in [4.78, 5) is 0.233. The zero-order valence-corrected chi connectivity index (χ0v) is 7.07. The molecule has 2 aromatic heterocycles. The van der Waals surface area contributed by atoms with Gasteiger partial charge in [-0.2, -0.15) is 0 Å². The second kappa shape index (κ2) is 2.58. The highest BCUT2D eigenvalue weighted by molar-refractivity contribution is 5.80. The van der Waals surface area contributed by atoms with Crippen molar-refractivity contribution in [3.8, 4) is 11.6 Å². The number of hydrogen-bond acceptors (Lipinski definition) is 5. The van der Waals surface area contributed by atoms with E-state index < -0.39 is 0 Å². The minimum Gasteiger partial charge on any atom is -0.492 e. The van der Waals surface area contributed by atoms with Crippen LogP contribution in [0.2, 0.25) is 0 Å². The van der Waals surface area contributed by atoms with Gasteiger partial charge < -0.3 is 18.4 Å². The summed E-state index contributed by atoms with van der Waals surface area (Å²) in [7, 11) is 2.81. The minimum atomic E-state index is -0.0155. The lowest BCUT2D eigenvalue weighted by Gasteiger charge is -1.90. The van der Waals surface area contributed by atoms with Gasteiger partial charge >= 0.3 is 5.88 Å². The lowest BCUT2D eigenvalue weighted by Crippen LogP contribution is -2.24. The van der Waals surface area contributed by atoms with Gasteiger partial charge in [0.25, 0.3) is 5.58 Å². The normalized spacial score (nSPS) is 10.6. The minimum absolute atomic E-state index is 0.0155. The quantitative estimate of drug-likeness (QED) is 0.643. The van der Waals surface area contributed by atoms with Gasteiger partial charge in [-0.05, 0) is 0 Å². The molecule has 0 fully saturated rings. The van der Waals surface area contributed by atoms with Crippen molar-refractivity contribution in [1.29, 1.82) is 0 Å². The molecule has 0 saturated heterocycles. The lowest BCUT2D eigenvalue weighted by molar-refractivity contribution is -0.791. The van der Waals surface area contributed by atoms with Crippen LogP contribution in [-0.4, -0.2) is 14.2 Å². The number of fused-ring (bicyclic) bond motifs is 1. The molecule has 0 atom stereocenters. The zero-order chi connectivity index (χ0) is 9.42. The van der Waals surface area contributed by atoms with E-state index in [1.165, 1.54) is 20.5 Å². The van der Waals surface area contributed by atoms with Crippen LogP contribution in [0.15, 0.2) is 15.2 Å². The van der Waals surface area contributed by atoms with E-state index in [1.807, 2.05) is 0 Å². The van der Waals surface area contributed by atoms with E-state index in [9.17, 15) is 5.21 Å². The maximum atomic E-state index is 11.0. The first-order valence-corrected chi connectivity index (χ1v) is 3.50. The van der Waals surface area contributed by atoms with Crippen molar-refractivity contribution in [2.45, 2.75) is 0 Å². The summed E-state index contributed by atoms with van der Waals surface area (Å²) in [5, 5.41) is 11.0. The van der Waals surface area contributed by atoms with Gasteiger partial charge in [-0.15, -0.1) is 0 Å². The van der Waals surface area contributed by atoms with Gasteiger partial charge in [-0.3, -0.25) is 5.21 Å². The fraction of sp³-hybridized carbons (Fsp3) is 0.286. The van der Waals surface area contributed by atoms with Crippen LogP contribution in [0.25, 0.3) is 11.2 Å². The van der Waals surface area contributed by atoms with Gasteiger partial charge in [0, 0.05) is 0 Å². The van der Waals surface area contributed by atoms with E-state index in [0.29, 0.717) is 5.75 Å².